The average molecular weight is 546 g/mol. The van der Waals surface area contributed by atoms with E-state index in [-0.39, 0.29) is 18.3 Å². The third-order valence-electron chi connectivity index (χ3n) is 7.35. The molecule has 0 radical (unpaired) electrons. The first kappa shape index (κ1) is 27.1. The van der Waals surface area contributed by atoms with Crippen LogP contribution in [-0.4, -0.2) is 47.1 Å². The molecule has 0 spiro atoms. The van der Waals surface area contributed by atoms with Crippen LogP contribution in [0.5, 0.6) is 11.5 Å². The molecular formula is C30H32FN5O4. The lowest BCUT2D eigenvalue weighted by atomic mass is 10.00. The maximum absolute atomic E-state index is 14.9. The van der Waals surface area contributed by atoms with Crippen molar-refractivity contribution in [1.82, 2.24) is 20.3 Å². The van der Waals surface area contributed by atoms with Gasteiger partial charge in [0.15, 0.2) is 0 Å². The quantitative estimate of drug-likeness (QED) is 0.327. The fraction of sp³-hybridized carbons (Fsp3) is 0.333. The van der Waals surface area contributed by atoms with E-state index in [1.54, 1.807) is 43.3 Å². The van der Waals surface area contributed by atoms with Crippen LogP contribution in [-0.2, 0) is 16.1 Å². The molecule has 1 heterocycles. The molecule has 208 valence electrons. The summed E-state index contributed by atoms with van der Waals surface area (Å²) in [4.78, 5) is 29.7. The van der Waals surface area contributed by atoms with Gasteiger partial charge in [-0.1, -0.05) is 36.3 Å². The van der Waals surface area contributed by atoms with E-state index < -0.39 is 23.7 Å². The fourth-order valence-corrected chi connectivity index (χ4v) is 5.21. The summed E-state index contributed by atoms with van der Waals surface area (Å²) in [7, 11) is 3.02. The number of hydrogen-bond acceptors (Lipinski definition) is 6. The predicted octanol–water partition coefficient (Wildman–Crippen LogP) is 4.73. The molecule has 1 saturated carbocycles. The molecule has 1 fully saturated rings. The highest BCUT2D eigenvalue weighted by molar-refractivity contribution is 6.02. The van der Waals surface area contributed by atoms with Gasteiger partial charge in [0, 0.05) is 17.3 Å². The molecule has 0 bridgehead atoms. The number of nitrogens with zero attached hydrogens (tertiary/aromatic N) is 4. The average Bonchev–Trinajstić information content (AvgIpc) is 3.63. The third kappa shape index (κ3) is 5.47. The predicted molar refractivity (Wildman–Crippen MR) is 149 cm³/mol. The molecule has 3 aromatic carbocycles. The van der Waals surface area contributed by atoms with E-state index in [2.05, 4.69) is 15.6 Å². The second-order valence-electron chi connectivity index (χ2n) is 9.93. The van der Waals surface area contributed by atoms with Gasteiger partial charge in [-0.15, -0.1) is 5.10 Å². The lowest BCUT2D eigenvalue weighted by molar-refractivity contribution is -0.127. The molecule has 1 aliphatic rings. The van der Waals surface area contributed by atoms with E-state index in [0.29, 0.717) is 33.7 Å². The van der Waals surface area contributed by atoms with Crippen LogP contribution >= 0.6 is 0 Å². The topological polar surface area (TPSA) is 98.6 Å². The van der Waals surface area contributed by atoms with Gasteiger partial charge in [-0.3, -0.25) is 14.5 Å². The van der Waals surface area contributed by atoms with Crippen molar-refractivity contribution < 1.29 is 23.5 Å². The molecule has 2 amide bonds. The van der Waals surface area contributed by atoms with Gasteiger partial charge in [0.2, 0.25) is 11.8 Å². The molecule has 10 heteroatoms. The number of halogens is 1. The van der Waals surface area contributed by atoms with Crippen molar-refractivity contribution in [3.8, 4) is 11.5 Å². The first-order valence-corrected chi connectivity index (χ1v) is 13.3. The Kier molecular flexibility index (Phi) is 7.95. The van der Waals surface area contributed by atoms with Gasteiger partial charge < -0.3 is 14.8 Å². The van der Waals surface area contributed by atoms with Crippen LogP contribution in [0, 0.1) is 12.7 Å². The molecule has 0 saturated heterocycles. The number of rotatable bonds is 9. The number of aromatic nitrogens is 3. The molecule has 1 aliphatic carbocycles. The van der Waals surface area contributed by atoms with Crippen LogP contribution in [0.2, 0.25) is 0 Å². The number of ether oxygens (including phenoxy) is 2. The lowest BCUT2D eigenvalue weighted by Crippen LogP contribution is -2.47. The molecule has 4 aromatic rings. The SMILES string of the molecule is COc1ccc(OC)c([C@@H](C(=O)NC2CCCC2)N(C(=O)Cn2nnc3ccccc32)c2ccc(C)c(F)c2)c1. The van der Waals surface area contributed by atoms with Crippen LogP contribution in [0.15, 0.2) is 60.7 Å². The number of methoxy groups -OCH3 is 2. The second-order valence-corrected chi connectivity index (χ2v) is 9.93. The first-order chi connectivity index (χ1) is 19.4. The van der Waals surface area contributed by atoms with Gasteiger partial charge in [-0.05, 0) is 67.8 Å². The molecule has 1 aromatic heterocycles. The maximum atomic E-state index is 14.9. The lowest BCUT2D eigenvalue weighted by Gasteiger charge is -2.33. The molecular weight excluding hydrogens is 513 g/mol. The second kappa shape index (κ2) is 11.7. The summed E-state index contributed by atoms with van der Waals surface area (Å²) in [5, 5.41) is 11.4. The van der Waals surface area contributed by atoms with Gasteiger partial charge in [0.25, 0.3) is 0 Å². The van der Waals surface area contributed by atoms with E-state index in [9.17, 15) is 14.0 Å². The van der Waals surface area contributed by atoms with Gasteiger partial charge in [-0.2, -0.15) is 0 Å². The summed E-state index contributed by atoms with van der Waals surface area (Å²) in [5.74, 6) is -0.483. The van der Waals surface area contributed by atoms with Crippen molar-refractivity contribution in [2.45, 2.75) is 51.2 Å². The number of carbonyl (C=O) groups is 2. The normalized spacial score (nSPS) is 14.2. The Morgan fingerprint density at radius 3 is 2.58 bits per heavy atom. The van der Waals surface area contributed by atoms with Crippen molar-refractivity contribution in [3.63, 3.8) is 0 Å². The molecule has 5 rings (SSSR count). The minimum absolute atomic E-state index is 0.0161. The zero-order valence-corrected chi connectivity index (χ0v) is 22.8. The number of nitrogens with one attached hydrogen (secondary N) is 1. The molecule has 0 aliphatic heterocycles. The zero-order valence-electron chi connectivity index (χ0n) is 22.8. The minimum atomic E-state index is -1.19. The van der Waals surface area contributed by atoms with Crippen molar-refractivity contribution in [2.75, 3.05) is 19.1 Å². The monoisotopic (exact) mass is 545 g/mol. The van der Waals surface area contributed by atoms with Gasteiger partial charge in [-0.25, -0.2) is 9.07 Å². The summed E-state index contributed by atoms with van der Waals surface area (Å²) in [5.41, 5.74) is 2.36. The summed E-state index contributed by atoms with van der Waals surface area (Å²) in [6.45, 7) is 1.41. The van der Waals surface area contributed by atoms with Crippen molar-refractivity contribution >= 4 is 28.5 Å². The van der Waals surface area contributed by atoms with Crippen LogP contribution < -0.4 is 19.7 Å². The van der Waals surface area contributed by atoms with Gasteiger partial charge >= 0.3 is 0 Å². The Morgan fingerprint density at radius 1 is 1.07 bits per heavy atom. The van der Waals surface area contributed by atoms with Crippen LogP contribution in [0.25, 0.3) is 11.0 Å². The Labute approximate surface area is 231 Å². The number of amides is 2. The van der Waals surface area contributed by atoms with Gasteiger partial charge in [0.1, 0.15) is 35.4 Å². The number of carbonyl (C=O) groups excluding carboxylic acids is 2. The largest absolute Gasteiger partial charge is 0.497 e. The molecule has 0 unspecified atom stereocenters. The molecule has 1 atom stereocenters. The van der Waals surface area contributed by atoms with Crippen LogP contribution in [0.4, 0.5) is 10.1 Å². The summed E-state index contributed by atoms with van der Waals surface area (Å²) in [6.07, 6.45) is 3.74. The maximum Gasteiger partial charge on any atom is 0.249 e. The van der Waals surface area contributed by atoms with Crippen LogP contribution in [0.1, 0.15) is 42.9 Å². The Hall–Kier alpha value is -4.47. The van der Waals surface area contributed by atoms with Crippen LogP contribution in [0.3, 0.4) is 0 Å². The van der Waals surface area contributed by atoms with Gasteiger partial charge in [0.05, 0.1) is 19.7 Å². The van der Waals surface area contributed by atoms with Crippen molar-refractivity contribution in [3.05, 3.63) is 77.6 Å². The molecule has 40 heavy (non-hydrogen) atoms. The Bertz CT molecular complexity index is 1530. The number of fused-ring (bicyclic) bond motifs is 1. The van der Waals surface area contributed by atoms with E-state index >= 15 is 0 Å². The highest BCUT2D eigenvalue weighted by atomic mass is 19.1. The highest BCUT2D eigenvalue weighted by Gasteiger charge is 2.37. The number of benzene rings is 3. The standard InChI is InChI=1S/C30H32FN5O4/c1-19-12-13-21(16-24(19)31)36(28(37)18-35-26-11-7-6-10-25(26)33-34-35)29(30(38)32-20-8-4-5-9-20)23-17-22(39-2)14-15-27(23)40-3/h6-7,10-17,20,29H,4-5,8-9,18H2,1-3H3,(H,32,38)/t29-/m0/s1. The van der Waals surface area contributed by atoms with Crippen molar-refractivity contribution in [1.29, 1.82) is 0 Å². The number of para-hydroxylation sites is 1. The summed E-state index contributed by atoms with van der Waals surface area (Å²) < 4.78 is 27.5. The van der Waals surface area contributed by atoms with E-state index in [1.165, 1.54) is 29.9 Å². The fourth-order valence-electron chi connectivity index (χ4n) is 5.21. The summed E-state index contributed by atoms with van der Waals surface area (Å²) >= 11 is 0. The minimum Gasteiger partial charge on any atom is -0.497 e. The summed E-state index contributed by atoms with van der Waals surface area (Å²) in [6, 6.07) is 15.7. The Balaban J connectivity index is 1.65. The molecule has 9 nitrogen and oxygen atoms in total. The highest BCUT2D eigenvalue weighted by Crippen LogP contribution is 2.37. The zero-order chi connectivity index (χ0) is 28.2. The number of anilines is 1. The Morgan fingerprint density at radius 2 is 1.85 bits per heavy atom. The first-order valence-electron chi connectivity index (χ1n) is 13.3. The van der Waals surface area contributed by atoms with E-state index in [1.807, 2.05) is 18.2 Å². The number of aryl methyl sites for hydroxylation is 1. The third-order valence-corrected chi connectivity index (χ3v) is 7.35. The smallest absolute Gasteiger partial charge is 0.249 e. The molecule has 1 N–H and O–H groups in total. The van der Waals surface area contributed by atoms with E-state index in [0.717, 1.165) is 25.7 Å². The van der Waals surface area contributed by atoms with Crippen molar-refractivity contribution in [2.24, 2.45) is 0 Å². The van der Waals surface area contributed by atoms with E-state index in [4.69, 9.17) is 9.47 Å². The number of hydrogen-bond donors (Lipinski definition) is 1.